The summed E-state index contributed by atoms with van der Waals surface area (Å²) in [5.41, 5.74) is 3.69. The number of piperazine rings is 1. The number of likely N-dealkylation sites (N-methyl/N-ethyl adjacent to an activating group) is 1. The van der Waals surface area contributed by atoms with Gasteiger partial charge in [0.05, 0.1) is 12.2 Å². The molecule has 1 fully saturated rings. The molecule has 1 saturated heterocycles. The Hall–Kier alpha value is -3.71. The molecule has 188 valence electrons. The van der Waals surface area contributed by atoms with Crippen LogP contribution in [0.25, 0.3) is 6.08 Å². The summed E-state index contributed by atoms with van der Waals surface area (Å²) in [4.78, 5) is 27.1. The molecule has 0 radical (unpaired) electrons. The summed E-state index contributed by atoms with van der Waals surface area (Å²) in [6.45, 7) is 12.8. The van der Waals surface area contributed by atoms with Crippen molar-refractivity contribution < 1.29 is 0 Å². The molecule has 1 aromatic carbocycles. The van der Waals surface area contributed by atoms with Crippen LogP contribution in [0.5, 0.6) is 0 Å². The van der Waals surface area contributed by atoms with Gasteiger partial charge in [-0.15, -0.1) is 0 Å². The number of amidine groups is 1. The summed E-state index contributed by atoms with van der Waals surface area (Å²) in [5.74, 6) is 1.56. The van der Waals surface area contributed by atoms with Crippen LogP contribution in [0.3, 0.4) is 0 Å². The molecule has 1 aliphatic rings. The van der Waals surface area contributed by atoms with Crippen molar-refractivity contribution in [3.63, 3.8) is 0 Å². The number of hydrogen-bond donors (Lipinski definition) is 1. The second-order valence-corrected chi connectivity index (χ2v) is 9.33. The number of anilines is 2. The molecule has 0 bridgehead atoms. The number of aromatic nitrogens is 2. The van der Waals surface area contributed by atoms with Crippen molar-refractivity contribution in [2.45, 2.75) is 26.8 Å². The van der Waals surface area contributed by atoms with Gasteiger partial charge in [0.25, 0.3) is 5.56 Å². The summed E-state index contributed by atoms with van der Waals surface area (Å²) in [6.07, 6.45) is 4.39. The number of pyridine rings is 2. The van der Waals surface area contributed by atoms with E-state index in [0.29, 0.717) is 12.4 Å². The lowest BCUT2D eigenvalue weighted by Crippen LogP contribution is -2.44. The fourth-order valence-electron chi connectivity index (χ4n) is 4.21. The molecule has 0 saturated carbocycles. The zero-order valence-corrected chi connectivity index (χ0v) is 21.5. The number of nitrogens with one attached hydrogen (secondary N) is 1. The first kappa shape index (κ1) is 25.4. The predicted octanol–water partition coefficient (Wildman–Crippen LogP) is 4.87. The lowest BCUT2D eigenvalue weighted by Gasteiger charge is -2.34. The molecule has 0 amide bonds. The third-order valence-electron chi connectivity index (χ3n) is 6.77. The second kappa shape index (κ2) is 11.8. The van der Waals surface area contributed by atoms with Crippen LogP contribution in [0.2, 0.25) is 0 Å². The summed E-state index contributed by atoms with van der Waals surface area (Å²) in [7, 11) is 2.17. The van der Waals surface area contributed by atoms with E-state index in [2.05, 4.69) is 71.8 Å². The number of rotatable bonds is 8. The van der Waals surface area contributed by atoms with E-state index >= 15 is 0 Å². The van der Waals surface area contributed by atoms with Crippen molar-refractivity contribution in [3.8, 4) is 0 Å². The average molecular weight is 485 g/mol. The smallest absolute Gasteiger partial charge is 0.252 e. The van der Waals surface area contributed by atoms with E-state index in [0.717, 1.165) is 55.4 Å². The summed E-state index contributed by atoms with van der Waals surface area (Å²) >= 11 is 0. The average Bonchev–Trinajstić information content (AvgIpc) is 2.91. The molecule has 7 nitrogen and oxygen atoms in total. The predicted molar refractivity (Wildman–Crippen MR) is 150 cm³/mol. The van der Waals surface area contributed by atoms with Crippen molar-refractivity contribution in [1.29, 1.82) is 0 Å². The van der Waals surface area contributed by atoms with E-state index in [4.69, 9.17) is 4.99 Å². The fourth-order valence-corrected chi connectivity index (χ4v) is 4.21. The molecule has 7 heteroatoms. The molecule has 1 atom stereocenters. The molecule has 3 heterocycles. The van der Waals surface area contributed by atoms with Gasteiger partial charge < -0.3 is 15.1 Å². The molecule has 0 spiro atoms. The van der Waals surface area contributed by atoms with Crippen LogP contribution in [-0.2, 0) is 6.54 Å². The number of aliphatic imine (C=N–C) groups is 1. The molecule has 3 aromatic rings. The van der Waals surface area contributed by atoms with Crippen molar-refractivity contribution in [1.82, 2.24) is 14.5 Å². The maximum Gasteiger partial charge on any atom is 0.252 e. The van der Waals surface area contributed by atoms with E-state index in [1.165, 1.54) is 5.69 Å². The number of nitrogens with zero attached hydrogens (tertiary/aromatic N) is 5. The molecule has 1 aliphatic heterocycles. The van der Waals surface area contributed by atoms with Crippen LogP contribution < -0.4 is 15.8 Å². The van der Waals surface area contributed by atoms with Gasteiger partial charge >= 0.3 is 0 Å². The minimum absolute atomic E-state index is 0.120. The van der Waals surface area contributed by atoms with Crippen molar-refractivity contribution in [2.24, 2.45) is 10.9 Å². The highest BCUT2D eigenvalue weighted by atomic mass is 16.1. The standard InChI is InChI=1S/C29H36N6O/c1-5-22(3)28(31-24-11-13-26(14-12-24)34-19-17-33(4)18-20-34)32-29-23(6-2)10-15-27(36)35(29)21-25-9-7-8-16-30-25/h6-16,22H,2,5,17-21H2,1,3-4H3,(H,31,32). The van der Waals surface area contributed by atoms with Crippen LogP contribution in [0.4, 0.5) is 17.2 Å². The highest BCUT2D eigenvalue weighted by Crippen LogP contribution is 2.24. The van der Waals surface area contributed by atoms with Crippen LogP contribution in [0.1, 0.15) is 31.5 Å². The molecule has 1 N–H and O–H groups in total. The lowest BCUT2D eigenvalue weighted by atomic mass is 10.1. The Labute approximate surface area is 213 Å². The SMILES string of the molecule is C=Cc1ccc(=O)n(Cc2ccccn2)c1N=C(Nc1ccc(N2CCN(C)CC2)cc1)C(C)CC. The Morgan fingerprint density at radius 2 is 1.86 bits per heavy atom. The second-order valence-electron chi connectivity index (χ2n) is 9.33. The Bertz CT molecular complexity index is 1240. The van der Waals surface area contributed by atoms with E-state index in [-0.39, 0.29) is 11.5 Å². The highest BCUT2D eigenvalue weighted by molar-refractivity contribution is 5.98. The third-order valence-corrected chi connectivity index (χ3v) is 6.77. The summed E-state index contributed by atoms with van der Waals surface area (Å²) in [5, 5.41) is 3.54. The van der Waals surface area contributed by atoms with Gasteiger partial charge in [0.1, 0.15) is 11.7 Å². The molecule has 2 aromatic heterocycles. The minimum atomic E-state index is -0.120. The first-order valence-corrected chi connectivity index (χ1v) is 12.6. The van der Waals surface area contributed by atoms with Crippen LogP contribution in [0.15, 0.2) is 77.2 Å². The topological polar surface area (TPSA) is 65.8 Å². The minimum Gasteiger partial charge on any atom is -0.369 e. The van der Waals surface area contributed by atoms with Gasteiger partial charge in [-0.1, -0.05) is 32.6 Å². The van der Waals surface area contributed by atoms with Crippen LogP contribution in [-0.4, -0.2) is 53.5 Å². The number of benzene rings is 1. The largest absolute Gasteiger partial charge is 0.369 e. The molecule has 0 aliphatic carbocycles. The van der Waals surface area contributed by atoms with Gasteiger partial charge in [-0.05, 0) is 55.9 Å². The van der Waals surface area contributed by atoms with Gasteiger partial charge in [-0.3, -0.25) is 14.3 Å². The Morgan fingerprint density at radius 3 is 2.50 bits per heavy atom. The Morgan fingerprint density at radius 1 is 1.11 bits per heavy atom. The maximum absolute atomic E-state index is 12.9. The Kier molecular flexibility index (Phi) is 8.33. The van der Waals surface area contributed by atoms with Crippen molar-refractivity contribution in [3.05, 3.63) is 89.0 Å². The molecular weight excluding hydrogens is 448 g/mol. The summed E-state index contributed by atoms with van der Waals surface area (Å²) in [6, 6.07) is 17.6. The fraction of sp³-hybridized carbons (Fsp3) is 0.345. The lowest BCUT2D eigenvalue weighted by molar-refractivity contribution is 0.313. The monoisotopic (exact) mass is 484 g/mol. The molecule has 1 unspecified atom stereocenters. The first-order valence-electron chi connectivity index (χ1n) is 12.6. The number of hydrogen-bond acceptors (Lipinski definition) is 5. The molecule has 36 heavy (non-hydrogen) atoms. The van der Waals surface area contributed by atoms with Gasteiger partial charge in [-0.2, -0.15) is 0 Å². The Balaban J connectivity index is 1.65. The van der Waals surface area contributed by atoms with E-state index < -0.39 is 0 Å². The van der Waals surface area contributed by atoms with Gasteiger partial charge in [0.2, 0.25) is 0 Å². The van der Waals surface area contributed by atoms with Crippen molar-refractivity contribution >= 4 is 29.1 Å². The zero-order valence-electron chi connectivity index (χ0n) is 21.5. The van der Waals surface area contributed by atoms with Gasteiger partial charge in [0.15, 0.2) is 0 Å². The van der Waals surface area contributed by atoms with E-state index in [1.807, 2.05) is 18.2 Å². The van der Waals surface area contributed by atoms with Gasteiger partial charge in [-0.25, -0.2) is 4.99 Å². The van der Waals surface area contributed by atoms with E-state index in [9.17, 15) is 4.79 Å². The van der Waals surface area contributed by atoms with Crippen molar-refractivity contribution in [2.75, 3.05) is 43.4 Å². The maximum atomic E-state index is 12.9. The highest BCUT2D eigenvalue weighted by Gasteiger charge is 2.16. The zero-order chi connectivity index (χ0) is 25.5. The quantitative estimate of drug-likeness (QED) is 0.365. The van der Waals surface area contributed by atoms with Gasteiger partial charge in [0, 0.05) is 61.3 Å². The molecule has 4 rings (SSSR count). The normalized spacial score (nSPS) is 15.5. The summed E-state index contributed by atoms with van der Waals surface area (Å²) < 4.78 is 1.67. The van der Waals surface area contributed by atoms with E-state index in [1.54, 1.807) is 29.0 Å². The first-order chi connectivity index (χ1) is 17.5. The van der Waals surface area contributed by atoms with Crippen LogP contribution in [0, 0.1) is 5.92 Å². The third kappa shape index (κ3) is 6.10. The molecular formula is C29H36N6O. The van der Waals surface area contributed by atoms with Crippen LogP contribution >= 0.6 is 0 Å².